The molecule has 2 bridgehead atoms. The summed E-state index contributed by atoms with van der Waals surface area (Å²) in [4.78, 5) is 3.91. The molecular formula is C18H27N3S2. The Hall–Kier alpha value is -0.780. The van der Waals surface area contributed by atoms with Crippen molar-refractivity contribution in [2.24, 2.45) is 11.8 Å². The Balaban J connectivity index is 1.48. The molecule has 2 N–H and O–H groups in total. The molecule has 0 radical (unpaired) electrons. The summed E-state index contributed by atoms with van der Waals surface area (Å²) in [7, 11) is 0. The van der Waals surface area contributed by atoms with Crippen LogP contribution in [0.15, 0.2) is 29.2 Å². The number of hydrogen-bond donors (Lipinski definition) is 2. The van der Waals surface area contributed by atoms with Crippen LogP contribution in [0.3, 0.4) is 0 Å². The van der Waals surface area contributed by atoms with E-state index in [1.165, 1.54) is 37.2 Å². The van der Waals surface area contributed by atoms with Crippen molar-refractivity contribution in [1.29, 1.82) is 0 Å². The number of fused-ring (bicyclic) bond motifs is 3. The third-order valence-corrected chi connectivity index (χ3v) is 6.34. The van der Waals surface area contributed by atoms with Crippen LogP contribution >= 0.6 is 24.0 Å². The zero-order valence-corrected chi connectivity index (χ0v) is 15.7. The van der Waals surface area contributed by atoms with Crippen molar-refractivity contribution in [1.82, 2.24) is 10.2 Å². The molecule has 3 saturated heterocycles. The van der Waals surface area contributed by atoms with Gasteiger partial charge in [-0.05, 0) is 67.9 Å². The lowest BCUT2D eigenvalue weighted by Gasteiger charge is -2.50. The molecule has 4 rings (SSSR count). The predicted molar refractivity (Wildman–Crippen MR) is 104 cm³/mol. The number of piperidine rings is 3. The molecule has 0 saturated carbocycles. The number of benzene rings is 1. The van der Waals surface area contributed by atoms with Crippen LogP contribution < -0.4 is 10.6 Å². The van der Waals surface area contributed by atoms with Crippen molar-refractivity contribution in [2.45, 2.75) is 37.1 Å². The lowest BCUT2D eigenvalue weighted by atomic mass is 9.74. The zero-order chi connectivity index (χ0) is 16.2. The molecule has 3 nitrogen and oxygen atoms in total. The number of nitrogens with zero attached hydrogens (tertiary/aromatic N) is 1. The summed E-state index contributed by atoms with van der Waals surface area (Å²) in [5.41, 5.74) is 1.06. The van der Waals surface area contributed by atoms with Gasteiger partial charge in [-0.3, -0.25) is 4.90 Å². The average Bonchev–Trinajstić information content (AvgIpc) is 2.60. The van der Waals surface area contributed by atoms with Crippen LogP contribution in [0.2, 0.25) is 0 Å². The summed E-state index contributed by atoms with van der Waals surface area (Å²) in [5, 5.41) is 7.47. The summed E-state index contributed by atoms with van der Waals surface area (Å²) in [5.74, 6) is 1.84. The van der Waals surface area contributed by atoms with Crippen LogP contribution in [0.1, 0.15) is 26.2 Å². The van der Waals surface area contributed by atoms with E-state index in [9.17, 15) is 0 Å². The van der Waals surface area contributed by atoms with Crippen molar-refractivity contribution in [3.05, 3.63) is 24.3 Å². The van der Waals surface area contributed by atoms with E-state index >= 15 is 0 Å². The quantitative estimate of drug-likeness (QED) is 0.623. The minimum Gasteiger partial charge on any atom is -0.361 e. The van der Waals surface area contributed by atoms with Crippen LogP contribution in [-0.4, -0.2) is 41.9 Å². The average molecular weight is 350 g/mol. The Morgan fingerprint density at radius 3 is 3.00 bits per heavy atom. The van der Waals surface area contributed by atoms with Gasteiger partial charge in [0.2, 0.25) is 0 Å². The first-order chi connectivity index (χ1) is 11.2. The van der Waals surface area contributed by atoms with Gasteiger partial charge in [-0.1, -0.05) is 19.4 Å². The highest BCUT2D eigenvalue weighted by atomic mass is 32.2. The van der Waals surface area contributed by atoms with E-state index in [4.69, 9.17) is 12.2 Å². The van der Waals surface area contributed by atoms with Crippen molar-refractivity contribution < 1.29 is 0 Å². The maximum Gasteiger partial charge on any atom is 0.170 e. The van der Waals surface area contributed by atoms with E-state index < -0.39 is 0 Å². The van der Waals surface area contributed by atoms with Gasteiger partial charge in [0.05, 0.1) is 0 Å². The van der Waals surface area contributed by atoms with Gasteiger partial charge in [0, 0.05) is 29.7 Å². The molecule has 0 spiro atoms. The first-order valence-electron chi connectivity index (χ1n) is 8.62. The van der Waals surface area contributed by atoms with Crippen LogP contribution in [0.5, 0.6) is 0 Å². The molecule has 1 aromatic carbocycles. The molecule has 3 fully saturated rings. The summed E-state index contributed by atoms with van der Waals surface area (Å²) >= 11 is 7.21. The molecular weight excluding hydrogens is 322 g/mol. The van der Waals surface area contributed by atoms with Gasteiger partial charge >= 0.3 is 0 Å². The van der Waals surface area contributed by atoms with Crippen LogP contribution in [-0.2, 0) is 0 Å². The molecule has 5 heteroatoms. The molecule has 0 aromatic heterocycles. The van der Waals surface area contributed by atoms with Crippen LogP contribution in [0, 0.1) is 11.8 Å². The van der Waals surface area contributed by atoms with Gasteiger partial charge in [-0.2, -0.15) is 0 Å². The number of thiocarbonyl (C=S) groups is 1. The van der Waals surface area contributed by atoms with Crippen molar-refractivity contribution in [3.63, 3.8) is 0 Å². The lowest BCUT2D eigenvalue weighted by molar-refractivity contribution is 0.00212. The number of nitrogens with one attached hydrogen (secondary N) is 2. The fourth-order valence-corrected chi connectivity index (χ4v) is 4.67. The predicted octanol–water partition coefficient (Wildman–Crippen LogP) is 3.82. The summed E-state index contributed by atoms with van der Waals surface area (Å²) < 4.78 is 0. The number of rotatable bonds is 5. The van der Waals surface area contributed by atoms with Gasteiger partial charge in [0.15, 0.2) is 5.11 Å². The van der Waals surface area contributed by atoms with Gasteiger partial charge < -0.3 is 10.6 Å². The highest BCUT2D eigenvalue weighted by Crippen LogP contribution is 2.37. The highest BCUT2D eigenvalue weighted by molar-refractivity contribution is 7.98. The van der Waals surface area contributed by atoms with Crippen molar-refractivity contribution in [3.8, 4) is 0 Å². The minimum atomic E-state index is 0.647. The SMILES string of the molecule is CC[C@H]1CN2CC[C@H]1C[C@@H]2CNC(=S)Nc1cccc(SC)c1. The monoisotopic (exact) mass is 349 g/mol. The number of hydrogen-bond acceptors (Lipinski definition) is 3. The Kier molecular flexibility index (Phi) is 5.83. The normalized spacial score (nSPS) is 29.3. The zero-order valence-electron chi connectivity index (χ0n) is 14.0. The first kappa shape index (κ1) is 17.1. The first-order valence-corrected chi connectivity index (χ1v) is 10.3. The summed E-state index contributed by atoms with van der Waals surface area (Å²) in [6.45, 7) is 5.84. The molecule has 0 amide bonds. The smallest absolute Gasteiger partial charge is 0.170 e. The third kappa shape index (κ3) is 4.20. The Labute approximate surface area is 149 Å². The van der Waals surface area contributed by atoms with E-state index in [-0.39, 0.29) is 0 Å². The molecule has 1 aromatic rings. The standard InChI is InChI=1S/C18H27N3S2/c1-3-13-12-21-8-7-14(13)9-16(21)11-19-18(22)20-15-5-4-6-17(10-15)23-2/h4-6,10,13-14,16H,3,7-9,11-12H2,1-2H3,(H2,19,20,22)/t13-,14-,16+/m0/s1. The minimum absolute atomic E-state index is 0.647. The summed E-state index contributed by atoms with van der Waals surface area (Å²) in [6, 6.07) is 9.02. The second kappa shape index (κ2) is 7.86. The Morgan fingerprint density at radius 2 is 2.30 bits per heavy atom. The van der Waals surface area contributed by atoms with E-state index in [0.717, 1.165) is 29.2 Å². The van der Waals surface area contributed by atoms with Gasteiger partial charge in [0.1, 0.15) is 0 Å². The molecule has 23 heavy (non-hydrogen) atoms. The lowest BCUT2D eigenvalue weighted by Crippen LogP contribution is -2.56. The number of anilines is 1. The van der Waals surface area contributed by atoms with Crippen molar-refractivity contribution >= 4 is 34.8 Å². The molecule has 126 valence electrons. The second-order valence-electron chi connectivity index (χ2n) is 6.67. The molecule has 1 unspecified atom stereocenters. The van der Waals surface area contributed by atoms with Gasteiger partial charge in [0.25, 0.3) is 0 Å². The van der Waals surface area contributed by atoms with E-state index in [0.29, 0.717) is 6.04 Å². The largest absolute Gasteiger partial charge is 0.361 e. The maximum atomic E-state index is 5.47. The highest BCUT2D eigenvalue weighted by Gasteiger charge is 2.38. The molecule has 3 aliphatic heterocycles. The number of thioether (sulfide) groups is 1. The van der Waals surface area contributed by atoms with Crippen LogP contribution in [0.4, 0.5) is 5.69 Å². The fourth-order valence-electron chi connectivity index (χ4n) is 4.01. The molecule has 4 atom stereocenters. The Bertz CT molecular complexity index is 549. The molecule has 0 aliphatic carbocycles. The van der Waals surface area contributed by atoms with Gasteiger partial charge in [-0.15, -0.1) is 11.8 Å². The van der Waals surface area contributed by atoms with E-state index in [1.807, 2.05) is 0 Å². The van der Waals surface area contributed by atoms with E-state index in [2.05, 4.69) is 53.0 Å². The van der Waals surface area contributed by atoms with Gasteiger partial charge in [-0.25, -0.2) is 0 Å². The third-order valence-electron chi connectivity index (χ3n) is 5.36. The van der Waals surface area contributed by atoms with Crippen LogP contribution in [0.25, 0.3) is 0 Å². The van der Waals surface area contributed by atoms with Crippen molar-refractivity contribution in [2.75, 3.05) is 31.2 Å². The molecule has 3 heterocycles. The Morgan fingerprint density at radius 1 is 1.43 bits per heavy atom. The topological polar surface area (TPSA) is 27.3 Å². The second-order valence-corrected chi connectivity index (χ2v) is 7.96. The molecule has 3 aliphatic rings. The fraction of sp³-hybridized carbons (Fsp3) is 0.611. The maximum absolute atomic E-state index is 5.47. The van der Waals surface area contributed by atoms with E-state index in [1.54, 1.807) is 11.8 Å². The summed E-state index contributed by atoms with van der Waals surface area (Å²) in [6.07, 6.45) is 6.13.